The molecule has 0 saturated carbocycles. The van der Waals surface area contributed by atoms with E-state index < -0.39 is 0 Å². The number of hydrogen-bond donors (Lipinski definition) is 0. The normalized spacial score (nSPS) is 11.0. The second kappa shape index (κ2) is 4.61. The molecule has 0 radical (unpaired) electrons. The summed E-state index contributed by atoms with van der Waals surface area (Å²) < 4.78 is 5.34. The topological polar surface area (TPSA) is 44.8 Å². The van der Waals surface area contributed by atoms with E-state index in [0.29, 0.717) is 13.1 Å². The first-order valence-electron chi connectivity index (χ1n) is 5.94. The molecule has 0 atom stereocenters. The van der Waals surface area contributed by atoms with Gasteiger partial charge in [-0.25, -0.2) is 4.79 Å². The van der Waals surface area contributed by atoms with Gasteiger partial charge in [0.05, 0.1) is 17.9 Å². The molecule has 2 aromatic rings. The molecule has 92 valence electrons. The van der Waals surface area contributed by atoms with Gasteiger partial charge in [0, 0.05) is 25.5 Å². The predicted octanol–water partition coefficient (Wildman–Crippen LogP) is 1.24. The third kappa shape index (κ3) is 2.18. The summed E-state index contributed by atoms with van der Waals surface area (Å²) in [6.07, 6.45) is 3.65. The summed E-state index contributed by atoms with van der Waals surface area (Å²) >= 11 is 0. The zero-order chi connectivity index (χ0) is 12.4. The Morgan fingerprint density at radius 2 is 1.88 bits per heavy atom. The van der Waals surface area contributed by atoms with E-state index in [1.165, 1.54) is 0 Å². The molecular formula is C12H18N4O. The highest BCUT2D eigenvalue weighted by Gasteiger charge is 2.07. The van der Waals surface area contributed by atoms with Gasteiger partial charge in [-0.3, -0.25) is 13.8 Å². The van der Waals surface area contributed by atoms with Crippen LogP contribution in [0.5, 0.6) is 0 Å². The number of rotatable bonds is 4. The molecule has 0 aromatic carbocycles. The van der Waals surface area contributed by atoms with Crippen LogP contribution >= 0.6 is 0 Å². The second-order valence-corrected chi connectivity index (χ2v) is 4.09. The van der Waals surface area contributed by atoms with Crippen LogP contribution in [-0.4, -0.2) is 18.9 Å². The predicted molar refractivity (Wildman–Crippen MR) is 66.1 cm³/mol. The largest absolute Gasteiger partial charge is 0.328 e. The Labute approximate surface area is 100 Å². The van der Waals surface area contributed by atoms with Crippen molar-refractivity contribution >= 4 is 0 Å². The molecule has 0 N–H and O–H groups in total. The van der Waals surface area contributed by atoms with E-state index in [0.717, 1.165) is 17.9 Å². The van der Waals surface area contributed by atoms with Crippen molar-refractivity contribution in [3.8, 4) is 0 Å². The maximum Gasteiger partial charge on any atom is 0.328 e. The number of imidazole rings is 1. The van der Waals surface area contributed by atoms with Gasteiger partial charge >= 0.3 is 5.69 Å². The standard InChI is InChI=1S/C12H18N4O/c1-4-14-6-7-15(12(14)17)9-11-8-10(3)13-16(11)5-2/h6-8H,4-5,9H2,1-3H3. The summed E-state index contributed by atoms with van der Waals surface area (Å²) in [7, 11) is 0. The lowest BCUT2D eigenvalue weighted by Gasteiger charge is -2.04. The maximum atomic E-state index is 11.9. The molecule has 2 heterocycles. The first kappa shape index (κ1) is 11.7. The van der Waals surface area contributed by atoms with Crippen LogP contribution in [0.3, 0.4) is 0 Å². The van der Waals surface area contributed by atoms with E-state index in [4.69, 9.17) is 0 Å². The fourth-order valence-electron chi connectivity index (χ4n) is 1.99. The minimum absolute atomic E-state index is 0.0361. The van der Waals surface area contributed by atoms with Gasteiger partial charge in [-0.15, -0.1) is 0 Å². The van der Waals surface area contributed by atoms with Crippen molar-refractivity contribution in [2.24, 2.45) is 0 Å². The molecule has 2 aromatic heterocycles. The van der Waals surface area contributed by atoms with E-state index in [2.05, 4.69) is 12.0 Å². The average Bonchev–Trinajstić information content (AvgIpc) is 2.84. The summed E-state index contributed by atoms with van der Waals surface area (Å²) in [4.78, 5) is 11.9. The van der Waals surface area contributed by atoms with Crippen LogP contribution in [0.25, 0.3) is 0 Å². The molecule has 0 fully saturated rings. The van der Waals surface area contributed by atoms with Crippen LogP contribution in [-0.2, 0) is 19.6 Å². The van der Waals surface area contributed by atoms with Crippen molar-refractivity contribution in [3.05, 3.63) is 40.3 Å². The summed E-state index contributed by atoms with van der Waals surface area (Å²) in [5.74, 6) is 0. The third-order valence-electron chi connectivity index (χ3n) is 2.88. The summed E-state index contributed by atoms with van der Waals surface area (Å²) in [6, 6.07) is 2.03. The van der Waals surface area contributed by atoms with Crippen molar-refractivity contribution in [3.63, 3.8) is 0 Å². The summed E-state index contributed by atoms with van der Waals surface area (Å²) in [5, 5.41) is 4.38. The molecule has 0 bridgehead atoms. The minimum Gasteiger partial charge on any atom is -0.300 e. The molecule has 0 aliphatic rings. The van der Waals surface area contributed by atoms with Crippen molar-refractivity contribution in [1.29, 1.82) is 0 Å². The van der Waals surface area contributed by atoms with Gasteiger partial charge in [0.1, 0.15) is 0 Å². The molecule has 0 aliphatic carbocycles. The monoisotopic (exact) mass is 234 g/mol. The van der Waals surface area contributed by atoms with Gasteiger partial charge < -0.3 is 0 Å². The van der Waals surface area contributed by atoms with Crippen molar-refractivity contribution < 1.29 is 0 Å². The Balaban J connectivity index is 2.31. The zero-order valence-electron chi connectivity index (χ0n) is 10.6. The van der Waals surface area contributed by atoms with E-state index in [-0.39, 0.29) is 5.69 Å². The number of aromatic nitrogens is 4. The van der Waals surface area contributed by atoms with Crippen LogP contribution in [0.2, 0.25) is 0 Å². The van der Waals surface area contributed by atoms with E-state index in [9.17, 15) is 4.79 Å². The summed E-state index contributed by atoms with van der Waals surface area (Å²) in [6.45, 7) is 8.10. The zero-order valence-corrected chi connectivity index (χ0v) is 10.6. The fourth-order valence-corrected chi connectivity index (χ4v) is 1.99. The van der Waals surface area contributed by atoms with Crippen LogP contribution in [0.15, 0.2) is 23.3 Å². The minimum atomic E-state index is 0.0361. The number of aryl methyl sites for hydroxylation is 3. The Bertz CT molecular complexity index is 561. The summed E-state index contributed by atoms with van der Waals surface area (Å²) in [5.41, 5.74) is 2.10. The van der Waals surface area contributed by atoms with Gasteiger partial charge in [-0.2, -0.15) is 5.10 Å². The highest BCUT2D eigenvalue weighted by Crippen LogP contribution is 2.05. The Hall–Kier alpha value is -1.78. The lowest BCUT2D eigenvalue weighted by molar-refractivity contribution is 0.583. The second-order valence-electron chi connectivity index (χ2n) is 4.09. The van der Waals surface area contributed by atoms with E-state index in [1.54, 1.807) is 9.13 Å². The van der Waals surface area contributed by atoms with E-state index >= 15 is 0 Å². The van der Waals surface area contributed by atoms with Crippen molar-refractivity contribution in [2.75, 3.05) is 0 Å². The first-order valence-corrected chi connectivity index (χ1v) is 5.94. The molecule has 5 nitrogen and oxygen atoms in total. The van der Waals surface area contributed by atoms with E-state index in [1.807, 2.05) is 37.0 Å². The first-order chi connectivity index (χ1) is 8.15. The van der Waals surface area contributed by atoms with Gasteiger partial charge in [0.15, 0.2) is 0 Å². The van der Waals surface area contributed by atoms with Gasteiger partial charge in [-0.05, 0) is 26.8 Å². The number of hydrogen-bond acceptors (Lipinski definition) is 2. The lowest BCUT2D eigenvalue weighted by Crippen LogP contribution is -2.24. The highest BCUT2D eigenvalue weighted by molar-refractivity contribution is 5.09. The third-order valence-corrected chi connectivity index (χ3v) is 2.88. The molecule has 5 heteroatoms. The quantitative estimate of drug-likeness (QED) is 0.799. The van der Waals surface area contributed by atoms with Crippen molar-refractivity contribution in [1.82, 2.24) is 18.9 Å². The molecule has 0 amide bonds. The van der Waals surface area contributed by atoms with Crippen LogP contribution in [0.4, 0.5) is 0 Å². The Morgan fingerprint density at radius 3 is 2.47 bits per heavy atom. The molecule has 0 spiro atoms. The molecule has 2 rings (SSSR count). The number of nitrogens with zero attached hydrogens (tertiary/aromatic N) is 4. The molecule has 0 unspecified atom stereocenters. The van der Waals surface area contributed by atoms with Crippen LogP contribution < -0.4 is 5.69 Å². The molecule has 0 aliphatic heterocycles. The lowest BCUT2D eigenvalue weighted by atomic mass is 10.3. The fraction of sp³-hybridized carbons (Fsp3) is 0.500. The maximum absolute atomic E-state index is 11.9. The average molecular weight is 234 g/mol. The Morgan fingerprint density at radius 1 is 1.18 bits per heavy atom. The van der Waals surface area contributed by atoms with Crippen molar-refractivity contribution in [2.45, 2.75) is 40.4 Å². The SMILES string of the molecule is CCn1nc(C)cc1Cn1ccn(CC)c1=O. The smallest absolute Gasteiger partial charge is 0.300 e. The Kier molecular flexibility index (Phi) is 3.17. The molecule has 17 heavy (non-hydrogen) atoms. The van der Waals surface area contributed by atoms with Gasteiger partial charge in [0.25, 0.3) is 0 Å². The molecular weight excluding hydrogens is 216 g/mol. The van der Waals surface area contributed by atoms with Crippen LogP contribution in [0, 0.1) is 6.92 Å². The van der Waals surface area contributed by atoms with Gasteiger partial charge in [-0.1, -0.05) is 0 Å². The highest BCUT2D eigenvalue weighted by atomic mass is 16.1. The van der Waals surface area contributed by atoms with Gasteiger partial charge in [0.2, 0.25) is 0 Å². The van der Waals surface area contributed by atoms with Crippen LogP contribution in [0.1, 0.15) is 25.2 Å². The molecule has 0 saturated heterocycles.